The van der Waals surface area contributed by atoms with E-state index in [1.165, 1.54) is 11.3 Å². The number of fused-ring (bicyclic) bond motifs is 1. The van der Waals surface area contributed by atoms with Gasteiger partial charge in [0, 0.05) is 17.5 Å². The molecular weight excluding hydrogens is 342 g/mol. The van der Waals surface area contributed by atoms with E-state index in [-0.39, 0.29) is 18.2 Å². The lowest BCUT2D eigenvalue weighted by Crippen LogP contribution is -2.30. The Balaban J connectivity index is 1.56. The minimum atomic E-state index is -0.496. The van der Waals surface area contributed by atoms with Crippen LogP contribution in [0.5, 0.6) is 0 Å². The van der Waals surface area contributed by atoms with Crippen molar-refractivity contribution in [1.29, 1.82) is 0 Å². The Kier molecular flexibility index (Phi) is 3.87. The van der Waals surface area contributed by atoms with Crippen LogP contribution in [0.1, 0.15) is 17.9 Å². The molecule has 3 heterocycles. The van der Waals surface area contributed by atoms with Crippen LogP contribution in [-0.4, -0.2) is 16.8 Å². The molecule has 0 fully saturated rings. The fraction of sp³-hybridized carbons (Fsp3) is 0.118. The number of benzene rings is 1. The van der Waals surface area contributed by atoms with Gasteiger partial charge in [0.1, 0.15) is 0 Å². The van der Waals surface area contributed by atoms with Gasteiger partial charge in [0.2, 0.25) is 11.8 Å². The molecular formula is C17H13N3O2S2. The highest BCUT2D eigenvalue weighted by Gasteiger charge is 2.30. The molecule has 2 amide bonds. The molecule has 1 aliphatic heterocycles. The molecule has 120 valence electrons. The van der Waals surface area contributed by atoms with Gasteiger partial charge in [-0.2, -0.15) is 0 Å². The Morgan fingerprint density at radius 2 is 2.08 bits per heavy atom. The average molecular weight is 355 g/mol. The van der Waals surface area contributed by atoms with Crippen molar-refractivity contribution in [2.45, 2.75) is 12.3 Å². The Hall–Kier alpha value is -2.51. The maximum absolute atomic E-state index is 12.6. The third kappa shape index (κ3) is 2.83. The summed E-state index contributed by atoms with van der Waals surface area (Å²) in [6.07, 6.45) is 0.145. The highest BCUT2D eigenvalue weighted by molar-refractivity contribution is 7.16. The normalized spacial score (nSPS) is 16.3. The first-order chi connectivity index (χ1) is 11.7. The van der Waals surface area contributed by atoms with Crippen molar-refractivity contribution in [2.75, 3.05) is 10.6 Å². The first-order valence-corrected chi connectivity index (χ1v) is 9.15. The van der Waals surface area contributed by atoms with Crippen molar-refractivity contribution in [3.05, 3.63) is 52.7 Å². The van der Waals surface area contributed by atoms with E-state index >= 15 is 0 Å². The molecule has 3 aromatic rings. The standard InChI is InChI=1S/C17H13N3O2S2/c21-15-8-11(10-4-1-2-5-12(10)18-15)16(22)20-17-19-13(9-24-17)14-6-3-7-23-14/h1-7,9,11H,8H2,(H,18,21)(H,19,20,22). The summed E-state index contributed by atoms with van der Waals surface area (Å²) in [6, 6.07) is 11.4. The maximum Gasteiger partial charge on any atom is 0.234 e. The summed E-state index contributed by atoms with van der Waals surface area (Å²) >= 11 is 2.99. The topological polar surface area (TPSA) is 71.1 Å². The third-order valence-electron chi connectivity index (χ3n) is 3.82. The van der Waals surface area contributed by atoms with Gasteiger partial charge in [-0.15, -0.1) is 22.7 Å². The van der Waals surface area contributed by atoms with Gasteiger partial charge in [0.25, 0.3) is 0 Å². The molecule has 0 radical (unpaired) electrons. The molecule has 1 unspecified atom stereocenters. The number of aromatic nitrogens is 1. The van der Waals surface area contributed by atoms with E-state index in [4.69, 9.17) is 0 Å². The molecule has 1 aliphatic rings. The minimum Gasteiger partial charge on any atom is -0.326 e. The molecule has 4 rings (SSSR count). The molecule has 1 aromatic carbocycles. The van der Waals surface area contributed by atoms with Gasteiger partial charge in [-0.3, -0.25) is 9.59 Å². The number of hydrogen-bond acceptors (Lipinski definition) is 5. The summed E-state index contributed by atoms with van der Waals surface area (Å²) in [4.78, 5) is 30.0. The van der Waals surface area contributed by atoms with Crippen molar-refractivity contribution >= 4 is 45.3 Å². The largest absolute Gasteiger partial charge is 0.326 e. The molecule has 0 spiro atoms. The van der Waals surface area contributed by atoms with Crippen LogP contribution in [0, 0.1) is 0 Å². The molecule has 2 aromatic heterocycles. The fourth-order valence-electron chi connectivity index (χ4n) is 2.71. The van der Waals surface area contributed by atoms with Gasteiger partial charge in [-0.25, -0.2) is 4.98 Å². The zero-order chi connectivity index (χ0) is 16.5. The predicted molar refractivity (Wildman–Crippen MR) is 96.5 cm³/mol. The van der Waals surface area contributed by atoms with Crippen LogP contribution in [0.3, 0.4) is 0 Å². The monoisotopic (exact) mass is 355 g/mol. The van der Waals surface area contributed by atoms with Crippen LogP contribution in [0.2, 0.25) is 0 Å². The lowest BCUT2D eigenvalue weighted by molar-refractivity contribution is -0.123. The van der Waals surface area contributed by atoms with Crippen molar-refractivity contribution < 1.29 is 9.59 Å². The number of anilines is 2. The van der Waals surface area contributed by atoms with Gasteiger partial charge in [-0.1, -0.05) is 24.3 Å². The highest BCUT2D eigenvalue weighted by atomic mass is 32.1. The molecule has 0 aliphatic carbocycles. The smallest absolute Gasteiger partial charge is 0.234 e. The molecule has 0 saturated heterocycles. The van der Waals surface area contributed by atoms with Crippen LogP contribution < -0.4 is 10.6 Å². The van der Waals surface area contributed by atoms with E-state index < -0.39 is 5.92 Å². The number of carbonyl (C=O) groups excluding carboxylic acids is 2. The number of para-hydroxylation sites is 1. The number of thiophene rings is 1. The molecule has 24 heavy (non-hydrogen) atoms. The van der Waals surface area contributed by atoms with Crippen LogP contribution in [0.4, 0.5) is 10.8 Å². The van der Waals surface area contributed by atoms with E-state index in [2.05, 4.69) is 15.6 Å². The van der Waals surface area contributed by atoms with E-state index in [1.54, 1.807) is 11.3 Å². The van der Waals surface area contributed by atoms with E-state index in [0.29, 0.717) is 10.8 Å². The second-order valence-electron chi connectivity index (χ2n) is 5.40. The maximum atomic E-state index is 12.6. The molecule has 0 saturated carbocycles. The van der Waals surface area contributed by atoms with E-state index in [1.807, 2.05) is 47.2 Å². The summed E-state index contributed by atoms with van der Waals surface area (Å²) < 4.78 is 0. The lowest BCUT2D eigenvalue weighted by Gasteiger charge is -2.24. The summed E-state index contributed by atoms with van der Waals surface area (Å²) in [6.45, 7) is 0. The van der Waals surface area contributed by atoms with Gasteiger partial charge in [0.05, 0.1) is 16.5 Å². The predicted octanol–water partition coefficient (Wildman–Crippen LogP) is 3.94. The SMILES string of the molecule is O=C1CC(C(=O)Nc2nc(-c3cccs3)cs2)c2ccccc2N1. The molecule has 1 atom stereocenters. The second kappa shape index (κ2) is 6.18. The number of amides is 2. The van der Waals surface area contributed by atoms with Crippen molar-refractivity contribution in [3.8, 4) is 10.6 Å². The van der Waals surface area contributed by atoms with Crippen LogP contribution in [0.15, 0.2) is 47.2 Å². The Morgan fingerprint density at radius 1 is 1.21 bits per heavy atom. The quantitative estimate of drug-likeness (QED) is 0.748. The Morgan fingerprint density at radius 3 is 2.92 bits per heavy atom. The molecule has 7 heteroatoms. The first kappa shape index (κ1) is 15.0. The van der Waals surface area contributed by atoms with Crippen molar-refractivity contribution in [2.24, 2.45) is 0 Å². The fourth-order valence-corrected chi connectivity index (χ4v) is 4.18. The number of rotatable bonds is 3. The van der Waals surface area contributed by atoms with E-state index in [9.17, 15) is 9.59 Å². The first-order valence-electron chi connectivity index (χ1n) is 7.40. The van der Waals surface area contributed by atoms with Crippen LogP contribution >= 0.6 is 22.7 Å². The molecule has 5 nitrogen and oxygen atoms in total. The number of carbonyl (C=O) groups is 2. The van der Waals surface area contributed by atoms with Gasteiger partial charge in [-0.05, 0) is 23.1 Å². The summed E-state index contributed by atoms with van der Waals surface area (Å²) in [5.74, 6) is -0.847. The Bertz CT molecular complexity index is 902. The van der Waals surface area contributed by atoms with Gasteiger partial charge < -0.3 is 10.6 Å². The number of hydrogen-bond donors (Lipinski definition) is 2. The summed E-state index contributed by atoms with van der Waals surface area (Å²) in [7, 11) is 0. The second-order valence-corrected chi connectivity index (χ2v) is 7.20. The molecule has 2 N–H and O–H groups in total. The van der Waals surface area contributed by atoms with Crippen LogP contribution in [0.25, 0.3) is 10.6 Å². The number of nitrogens with zero attached hydrogens (tertiary/aromatic N) is 1. The zero-order valence-corrected chi connectivity index (χ0v) is 14.1. The highest BCUT2D eigenvalue weighted by Crippen LogP contribution is 2.34. The number of thiazole rings is 1. The summed E-state index contributed by atoms with van der Waals surface area (Å²) in [5, 5.41) is 10.1. The van der Waals surface area contributed by atoms with Crippen LogP contribution in [-0.2, 0) is 9.59 Å². The van der Waals surface area contributed by atoms with Crippen molar-refractivity contribution in [1.82, 2.24) is 4.98 Å². The minimum absolute atomic E-state index is 0.145. The van der Waals surface area contributed by atoms with E-state index in [0.717, 1.165) is 16.1 Å². The van der Waals surface area contributed by atoms with Gasteiger partial charge in [0.15, 0.2) is 5.13 Å². The lowest BCUT2D eigenvalue weighted by atomic mass is 9.90. The number of nitrogens with one attached hydrogen (secondary N) is 2. The Labute approximate surface area is 146 Å². The summed E-state index contributed by atoms with van der Waals surface area (Å²) in [5.41, 5.74) is 2.39. The van der Waals surface area contributed by atoms with Gasteiger partial charge >= 0.3 is 0 Å². The zero-order valence-electron chi connectivity index (χ0n) is 12.5. The van der Waals surface area contributed by atoms with Crippen molar-refractivity contribution in [3.63, 3.8) is 0 Å². The third-order valence-corrected chi connectivity index (χ3v) is 5.47. The average Bonchev–Trinajstić information content (AvgIpc) is 3.25. The molecule has 0 bridgehead atoms.